The molecule has 11 nitrogen and oxygen atoms in total. The maximum Gasteiger partial charge on any atom is 0.402 e. The molecule has 0 amide bonds. The van der Waals surface area contributed by atoms with Crippen molar-refractivity contribution in [3.8, 4) is 40.1 Å². The number of aliphatic hydroxyl groups excluding tert-OH is 4. The number of aliphatic hydroxyl groups is 4. The standard InChI is InChI=1S/C22H22O11/c1-30-14-5-10(24)6-15-11(14)7-16(21(31-15)9-2-3-12(25)13(26)4-9)32-22-20(29)19(28)18(27)17(8-23)33-22/h2-7,17-20,22-23,27-29H,8H2,1H3,(H2-,24,25,26)/p+1/t17-,18-,19+,20-,22-/m1/s1. The van der Waals surface area contributed by atoms with E-state index in [1.54, 1.807) is 0 Å². The van der Waals surface area contributed by atoms with Crippen molar-refractivity contribution in [1.82, 2.24) is 0 Å². The molecule has 1 aromatic heterocycles. The maximum atomic E-state index is 10.4. The summed E-state index contributed by atoms with van der Waals surface area (Å²) in [6.07, 6.45) is -7.62. The number of fused-ring (bicyclic) bond motifs is 1. The summed E-state index contributed by atoms with van der Waals surface area (Å²) in [5, 5.41) is 69.8. The van der Waals surface area contributed by atoms with Gasteiger partial charge in [0.2, 0.25) is 12.0 Å². The van der Waals surface area contributed by atoms with E-state index in [1.165, 1.54) is 43.5 Å². The summed E-state index contributed by atoms with van der Waals surface area (Å²) in [6.45, 7) is -0.640. The van der Waals surface area contributed by atoms with E-state index in [4.69, 9.17) is 18.6 Å². The third-order valence-electron chi connectivity index (χ3n) is 5.35. The Balaban J connectivity index is 1.86. The summed E-state index contributed by atoms with van der Waals surface area (Å²) in [6, 6.07) is 8.02. The molecule has 0 bridgehead atoms. The molecule has 176 valence electrons. The van der Waals surface area contributed by atoms with E-state index in [1.807, 2.05) is 0 Å². The van der Waals surface area contributed by atoms with Crippen molar-refractivity contribution >= 4 is 11.0 Å². The van der Waals surface area contributed by atoms with Crippen LogP contribution >= 0.6 is 0 Å². The molecule has 0 aliphatic carbocycles. The number of ether oxygens (including phenoxy) is 3. The monoisotopic (exact) mass is 463 g/mol. The predicted molar refractivity (Wildman–Crippen MR) is 112 cm³/mol. The molecule has 5 atom stereocenters. The molecular formula is C22H23O11+. The van der Waals surface area contributed by atoms with Gasteiger partial charge < -0.3 is 50.0 Å². The van der Waals surface area contributed by atoms with Crippen molar-refractivity contribution in [3.63, 3.8) is 0 Å². The fourth-order valence-electron chi connectivity index (χ4n) is 3.58. The van der Waals surface area contributed by atoms with E-state index in [-0.39, 0.29) is 39.9 Å². The average molecular weight is 463 g/mol. The number of benzene rings is 2. The van der Waals surface area contributed by atoms with Gasteiger partial charge in [0.1, 0.15) is 41.3 Å². The van der Waals surface area contributed by atoms with Crippen LogP contribution in [-0.4, -0.2) is 80.2 Å². The van der Waals surface area contributed by atoms with Crippen LogP contribution < -0.4 is 9.47 Å². The van der Waals surface area contributed by atoms with E-state index in [0.29, 0.717) is 5.39 Å². The summed E-state index contributed by atoms with van der Waals surface area (Å²) >= 11 is 0. The second-order valence-electron chi connectivity index (χ2n) is 7.52. The number of aromatic hydroxyl groups is 3. The Kier molecular flexibility index (Phi) is 6.15. The van der Waals surface area contributed by atoms with Crippen LogP contribution in [0.1, 0.15) is 0 Å². The second-order valence-corrected chi connectivity index (χ2v) is 7.52. The van der Waals surface area contributed by atoms with E-state index < -0.39 is 43.1 Å². The lowest BCUT2D eigenvalue weighted by molar-refractivity contribution is -0.277. The first-order valence-electron chi connectivity index (χ1n) is 9.91. The van der Waals surface area contributed by atoms with Crippen LogP contribution in [0.4, 0.5) is 0 Å². The van der Waals surface area contributed by atoms with Gasteiger partial charge in [-0.2, -0.15) is 0 Å². The molecule has 1 fully saturated rings. The van der Waals surface area contributed by atoms with Crippen molar-refractivity contribution < 1.29 is 54.4 Å². The third kappa shape index (κ3) is 4.19. The number of phenols is 3. The first-order valence-corrected chi connectivity index (χ1v) is 9.91. The highest BCUT2D eigenvalue weighted by Gasteiger charge is 2.45. The summed E-state index contributed by atoms with van der Waals surface area (Å²) in [7, 11) is 1.39. The molecule has 2 aromatic carbocycles. The minimum atomic E-state index is -1.68. The normalized spacial score (nSPS) is 25.2. The van der Waals surface area contributed by atoms with Gasteiger partial charge in [-0.3, -0.25) is 0 Å². The lowest BCUT2D eigenvalue weighted by Crippen LogP contribution is -2.60. The molecule has 0 saturated carbocycles. The van der Waals surface area contributed by atoms with E-state index in [9.17, 15) is 35.7 Å². The van der Waals surface area contributed by atoms with Gasteiger partial charge in [0.15, 0.2) is 11.5 Å². The van der Waals surface area contributed by atoms with E-state index >= 15 is 0 Å². The highest BCUT2D eigenvalue weighted by atomic mass is 16.7. The van der Waals surface area contributed by atoms with Crippen LogP contribution in [0, 0.1) is 0 Å². The van der Waals surface area contributed by atoms with Gasteiger partial charge in [0.05, 0.1) is 25.3 Å². The van der Waals surface area contributed by atoms with Crippen LogP contribution in [-0.2, 0) is 4.74 Å². The van der Waals surface area contributed by atoms with Crippen LogP contribution in [0.3, 0.4) is 0 Å². The first kappa shape index (κ1) is 22.8. The van der Waals surface area contributed by atoms with Gasteiger partial charge in [-0.05, 0) is 12.1 Å². The minimum absolute atomic E-state index is 0.0161. The molecule has 1 aliphatic rings. The van der Waals surface area contributed by atoms with Crippen LogP contribution in [0.25, 0.3) is 22.3 Å². The molecule has 11 heteroatoms. The largest absolute Gasteiger partial charge is 0.507 e. The maximum absolute atomic E-state index is 10.4. The van der Waals surface area contributed by atoms with Gasteiger partial charge >= 0.3 is 11.3 Å². The zero-order valence-electron chi connectivity index (χ0n) is 17.3. The molecular weight excluding hydrogens is 440 g/mol. The highest BCUT2D eigenvalue weighted by Crippen LogP contribution is 2.42. The minimum Gasteiger partial charge on any atom is -0.507 e. The first-order chi connectivity index (χ1) is 15.7. The van der Waals surface area contributed by atoms with Gasteiger partial charge in [-0.25, -0.2) is 4.42 Å². The van der Waals surface area contributed by atoms with Crippen LogP contribution in [0.5, 0.6) is 28.7 Å². The molecule has 0 spiro atoms. The topological polar surface area (TPSA) is 181 Å². The molecule has 0 radical (unpaired) electrons. The highest BCUT2D eigenvalue weighted by molar-refractivity contribution is 5.89. The Hall–Kier alpha value is -3.35. The lowest BCUT2D eigenvalue weighted by atomic mass is 9.99. The molecule has 7 N–H and O–H groups in total. The Morgan fingerprint density at radius 2 is 1.67 bits per heavy atom. The van der Waals surface area contributed by atoms with Crippen molar-refractivity contribution in [2.75, 3.05) is 13.7 Å². The quantitative estimate of drug-likeness (QED) is 0.209. The Labute approximate surface area is 186 Å². The summed E-state index contributed by atoms with van der Waals surface area (Å²) in [5.74, 6) is -0.702. The molecule has 1 aliphatic heterocycles. The Morgan fingerprint density at radius 3 is 2.33 bits per heavy atom. The second kappa shape index (κ2) is 8.89. The summed E-state index contributed by atoms with van der Waals surface area (Å²) < 4.78 is 22.4. The zero-order valence-corrected chi connectivity index (χ0v) is 17.3. The summed E-state index contributed by atoms with van der Waals surface area (Å²) in [4.78, 5) is 0. The lowest BCUT2D eigenvalue weighted by Gasteiger charge is -2.39. The fraction of sp³-hybridized carbons (Fsp3) is 0.318. The van der Waals surface area contributed by atoms with Crippen molar-refractivity contribution in [2.24, 2.45) is 0 Å². The van der Waals surface area contributed by atoms with Crippen LogP contribution in [0.15, 0.2) is 40.8 Å². The molecule has 3 aromatic rings. The van der Waals surface area contributed by atoms with Crippen LogP contribution in [0.2, 0.25) is 0 Å². The number of phenolic OH excluding ortho intramolecular Hbond substituents is 3. The number of methoxy groups -OCH3 is 1. The molecule has 33 heavy (non-hydrogen) atoms. The van der Waals surface area contributed by atoms with Gasteiger partial charge in [0.25, 0.3) is 0 Å². The molecule has 2 heterocycles. The number of hydrogen-bond donors (Lipinski definition) is 7. The third-order valence-corrected chi connectivity index (χ3v) is 5.35. The van der Waals surface area contributed by atoms with E-state index in [0.717, 1.165) is 0 Å². The van der Waals surface area contributed by atoms with Gasteiger partial charge in [0, 0.05) is 18.2 Å². The molecule has 0 unspecified atom stereocenters. The predicted octanol–water partition coefficient (Wildman–Crippen LogP) is 0.685. The Bertz CT molecular complexity index is 1160. The number of rotatable bonds is 5. The van der Waals surface area contributed by atoms with Crippen molar-refractivity contribution in [3.05, 3.63) is 36.4 Å². The molecule has 1 saturated heterocycles. The Morgan fingerprint density at radius 1 is 0.909 bits per heavy atom. The average Bonchev–Trinajstić information content (AvgIpc) is 2.80. The van der Waals surface area contributed by atoms with Crippen molar-refractivity contribution in [2.45, 2.75) is 30.7 Å². The fourth-order valence-corrected chi connectivity index (χ4v) is 3.58. The summed E-state index contributed by atoms with van der Waals surface area (Å²) in [5.41, 5.74) is 0.449. The zero-order chi connectivity index (χ0) is 23.9. The number of hydrogen-bond acceptors (Lipinski definition) is 10. The van der Waals surface area contributed by atoms with Gasteiger partial charge in [-0.1, -0.05) is 0 Å². The van der Waals surface area contributed by atoms with Gasteiger partial charge in [-0.15, -0.1) is 0 Å². The SMILES string of the molecule is COc1cc(O)cc2[o+]c(-c3ccc(O)c(O)c3)c(O[C@@H]3O[C@H](CO)[C@@H](O)[C@H](O)[C@H]3O)cc12. The molecule has 4 rings (SSSR count). The smallest absolute Gasteiger partial charge is 0.402 e. The van der Waals surface area contributed by atoms with Crippen molar-refractivity contribution in [1.29, 1.82) is 0 Å². The van der Waals surface area contributed by atoms with E-state index in [2.05, 4.69) is 0 Å².